The summed E-state index contributed by atoms with van der Waals surface area (Å²) in [6.07, 6.45) is 0. The first-order valence-electron chi connectivity index (χ1n) is 6.83. The second kappa shape index (κ2) is 6.82. The van der Waals surface area contributed by atoms with Crippen LogP contribution in [0, 0.1) is 24.0 Å². The van der Waals surface area contributed by atoms with Crippen molar-refractivity contribution in [2.75, 3.05) is 7.11 Å². The Balaban J connectivity index is 2.15. The van der Waals surface area contributed by atoms with Crippen LogP contribution in [0.5, 0.6) is 5.75 Å². The zero-order chi connectivity index (χ0) is 17.9. The number of hydrazine groups is 1. The molecule has 1 heterocycles. The van der Waals surface area contributed by atoms with Crippen molar-refractivity contribution in [3.63, 3.8) is 0 Å². The highest BCUT2D eigenvalue weighted by Crippen LogP contribution is 2.23. The minimum Gasteiger partial charge on any atom is -0.496 e. The van der Waals surface area contributed by atoms with E-state index in [0.29, 0.717) is 11.5 Å². The fraction of sp³-hybridized carbons (Fsp3) is 0.200. The summed E-state index contributed by atoms with van der Waals surface area (Å²) >= 11 is 0. The summed E-state index contributed by atoms with van der Waals surface area (Å²) in [6, 6.07) is 5.11. The van der Waals surface area contributed by atoms with E-state index in [-0.39, 0.29) is 22.6 Å². The molecule has 0 spiro atoms. The first kappa shape index (κ1) is 17.0. The van der Waals surface area contributed by atoms with E-state index in [9.17, 15) is 19.7 Å². The van der Waals surface area contributed by atoms with Crippen LogP contribution in [0.4, 0.5) is 5.69 Å². The van der Waals surface area contributed by atoms with Crippen molar-refractivity contribution in [3.05, 3.63) is 57.0 Å². The molecular formula is C15H15N3O6. The van der Waals surface area contributed by atoms with E-state index >= 15 is 0 Å². The summed E-state index contributed by atoms with van der Waals surface area (Å²) < 4.78 is 10.2. The zero-order valence-electron chi connectivity index (χ0n) is 13.2. The normalized spacial score (nSPS) is 10.1. The molecule has 0 atom stereocenters. The Kier molecular flexibility index (Phi) is 4.83. The molecule has 24 heavy (non-hydrogen) atoms. The number of aryl methyl sites for hydroxylation is 2. The van der Waals surface area contributed by atoms with Crippen LogP contribution in [0.3, 0.4) is 0 Å². The second-order valence-electron chi connectivity index (χ2n) is 4.88. The number of nitro groups is 1. The van der Waals surface area contributed by atoms with Crippen LogP contribution in [0.25, 0.3) is 0 Å². The number of non-ortho nitro benzene ring substituents is 1. The number of nitrogens with zero attached hydrogens (tertiary/aromatic N) is 1. The predicted octanol–water partition coefficient (Wildman–Crippen LogP) is 1.89. The van der Waals surface area contributed by atoms with Crippen molar-refractivity contribution < 1.29 is 23.7 Å². The molecule has 2 amide bonds. The first-order valence-corrected chi connectivity index (χ1v) is 6.83. The van der Waals surface area contributed by atoms with Crippen LogP contribution in [0.15, 0.2) is 28.7 Å². The third kappa shape index (κ3) is 3.51. The molecule has 0 unspecified atom stereocenters. The van der Waals surface area contributed by atoms with E-state index in [1.54, 1.807) is 13.8 Å². The predicted molar refractivity (Wildman–Crippen MR) is 82.8 cm³/mol. The molecule has 0 fully saturated rings. The molecule has 2 aromatic rings. The molecule has 0 saturated carbocycles. The van der Waals surface area contributed by atoms with Gasteiger partial charge in [-0.15, -0.1) is 0 Å². The summed E-state index contributed by atoms with van der Waals surface area (Å²) in [6.45, 7) is 3.31. The van der Waals surface area contributed by atoms with Crippen molar-refractivity contribution in [2.45, 2.75) is 13.8 Å². The van der Waals surface area contributed by atoms with E-state index in [4.69, 9.17) is 9.15 Å². The number of benzene rings is 1. The quantitative estimate of drug-likeness (QED) is 0.650. The fourth-order valence-corrected chi connectivity index (χ4v) is 2.09. The van der Waals surface area contributed by atoms with Crippen molar-refractivity contribution >= 4 is 17.5 Å². The smallest absolute Gasteiger partial charge is 0.273 e. The molecule has 0 bridgehead atoms. The number of rotatable bonds is 4. The van der Waals surface area contributed by atoms with E-state index in [2.05, 4.69) is 10.9 Å². The van der Waals surface area contributed by atoms with Gasteiger partial charge in [0, 0.05) is 12.1 Å². The number of methoxy groups -OCH3 is 1. The van der Waals surface area contributed by atoms with E-state index in [0.717, 1.165) is 6.07 Å². The lowest BCUT2D eigenvalue weighted by Gasteiger charge is -2.10. The third-order valence-corrected chi connectivity index (χ3v) is 3.21. The Morgan fingerprint density at radius 1 is 1.12 bits per heavy atom. The maximum Gasteiger partial charge on any atom is 0.273 e. The Morgan fingerprint density at radius 2 is 1.75 bits per heavy atom. The molecule has 0 aliphatic rings. The average Bonchev–Trinajstić information content (AvgIpc) is 2.90. The molecule has 9 heteroatoms. The van der Waals surface area contributed by atoms with Crippen LogP contribution < -0.4 is 15.6 Å². The van der Waals surface area contributed by atoms with Gasteiger partial charge in [-0.05, 0) is 26.0 Å². The molecule has 126 valence electrons. The van der Waals surface area contributed by atoms with Gasteiger partial charge in [-0.25, -0.2) is 0 Å². The molecule has 1 aromatic carbocycles. The Bertz CT molecular complexity index is 812. The average molecular weight is 333 g/mol. The van der Waals surface area contributed by atoms with Gasteiger partial charge in [0.1, 0.15) is 17.3 Å². The summed E-state index contributed by atoms with van der Waals surface area (Å²) in [4.78, 5) is 34.4. The summed E-state index contributed by atoms with van der Waals surface area (Å²) in [5, 5.41) is 10.8. The highest BCUT2D eigenvalue weighted by atomic mass is 16.6. The van der Waals surface area contributed by atoms with Crippen LogP contribution >= 0.6 is 0 Å². The van der Waals surface area contributed by atoms with Crippen molar-refractivity contribution in [1.82, 2.24) is 10.9 Å². The molecule has 0 aliphatic heterocycles. The van der Waals surface area contributed by atoms with Gasteiger partial charge >= 0.3 is 0 Å². The minimum atomic E-state index is -0.748. The topological polar surface area (TPSA) is 124 Å². The number of nitrogens with one attached hydrogen (secondary N) is 2. The molecular weight excluding hydrogens is 318 g/mol. The molecule has 2 rings (SSSR count). The molecule has 0 aliphatic carbocycles. The number of hydrogen-bond acceptors (Lipinski definition) is 6. The number of hydrogen-bond donors (Lipinski definition) is 2. The highest BCUT2D eigenvalue weighted by Gasteiger charge is 2.19. The van der Waals surface area contributed by atoms with Gasteiger partial charge in [0.15, 0.2) is 0 Å². The van der Waals surface area contributed by atoms with Gasteiger partial charge < -0.3 is 9.15 Å². The monoisotopic (exact) mass is 333 g/mol. The standard InChI is InChI=1S/C15H15N3O6/c1-8-6-11(9(2)24-8)14(19)16-17-15(20)12-7-10(18(21)22)4-5-13(12)23-3/h4-7H,1-3H3,(H,16,19)(H,17,20). The van der Waals surface area contributed by atoms with Crippen molar-refractivity contribution in [3.8, 4) is 5.75 Å². The van der Waals surface area contributed by atoms with Gasteiger partial charge in [-0.1, -0.05) is 0 Å². The number of amides is 2. The van der Waals surface area contributed by atoms with E-state index in [1.165, 1.54) is 25.3 Å². The van der Waals surface area contributed by atoms with Gasteiger partial charge in [0.25, 0.3) is 17.5 Å². The SMILES string of the molecule is COc1ccc([N+](=O)[O-])cc1C(=O)NNC(=O)c1cc(C)oc1C. The van der Waals surface area contributed by atoms with Crippen LogP contribution in [-0.4, -0.2) is 23.8 Å². The van der Waals surface area contributed by atoms with Crippen LogP contribution in [0.1, 0.15) is 32.2 Å². The Labute approximate surface area is 136 Å². The first-order chi connectivity index (χ1) is 11.3. The molecule has 0 saturated heterocycles. The molecule has 0 radical (unpaired) electrons. The number of furan rings is 1. The van der Waals surface area contributed by atoms with Gasteiger partial charge in [0.2, 0.25) is 0 Å². The van der Waals surface area contributed by atoms with E-state index < -0.39 is 16.7 Å². The van der Waals surface area contributed by atoms with Crippen molar-refractivity contribution in [2.24, 2.45) is 0 Å². The highest BCUT2D eigenvalue weighted by molar-refractivity contribution is 6.01. The van der Waals surface area contributed by atoms with Gasteiger partial charge in [-0.3, -0.25) is 30.6 Å². The summed E-state index contributed by atoms with van der Waals surface area (Å²) in [5.41, 5.74) is 4.35. The number of ether oxygens (including phenoxy) is 1. The molecule has 9 nitrogen and oxygen atoms in total. The minimum absolute atomic E-state index is 0.0768. The van der Waals surface area contributed by atoms with Gasteiger partial charge in [0.05, 0.1) is 23.2 Å². The Hall–Kier alpha value is -3.36. The number of nitro benzene ring substituents is 1. The molecule has 2 N–H and O–H groups in total. The number of carbonyl (C=O) groups is 2. The molecule has 1 aromatic heterocycles. The Morgan fingerprint density at radius 3 is 2.25 bits per heavy atom. The lowest BCUT2D eigenvalue weighted by Crippen LogP contribution is -2.41. The lowest BCUT2D eigenvalue weighted by atomic mass is 10.1. The summed E-state index contributed by atoms with van der Waals surface area (Å²) in [7, 11) is 1.33. The number of carbonyl (C=O) groups excluding carboxylic acids is 2. The van der Waals surface area contributed by atoms with Crippen molar-refractivity contribution in [1.29, 1.82) is 0 Å². The van der Waals surface area contributed by atoms with E-state index in [1.807, 2.05) is 0 Å². The second-order valence-corrected chi connectivity index (χ2v) is 4.88. The third-order valence-electron chi connectivity index (χ3n) is 3.21. The fourth-order valence-electron chi connectivity index (χ4n) is 2.09. The van der Waals surface area contributed by atoms with Crippen LogP contribution in [0.2, 0.25) is 0 Å². The van der Waals surface area contributed by atoms with Gasteiger partial charge in [-0.2, -0.15) is 0 Å². The lowest BCUT2D eigenvalue weighted by molar-refractivity contribution is -0.384. The maximum absolute atomic E-state index is 12.2. The largest absolute Gasteiger partial charge is 0.496 e. The summed E-state index contributed by atoms with van der Waals surface area (Å²) in [5.74, 6) is -0.205. The maximum atomic E-state index is 12.2. The van der Waals surface area contributed by atoms with Crippen LogP contribution in [-0.2, 0) is 0 Å². The zero-order valence-corrected chi connectivity index (χ0v) is 13.2.